The molecule has 0 aliphatic carbocycles. The topological polar surface area (TPSA) is 102 Å². The maximum absolute atomic E-state index is 13.9. The molecule has 0 saturated carbocycles. The maximum atomic E-state index is 13.9. The maximum Gasteiger partial charge on any atom is 0.418 e. The van der Waals surface area contributed by atoms with Gasteiger partial charge in [0.1, 0.15) is 0 Å². The number of carbonyl (C=O) groups excluding carboxylic acids is 1. The third kappa shape index (κ3) is 5.57. The Morgan fingerprint density at radius 1 is 1.14 bits per heavy atom. The molecule has 13 heteroatoms. The number of hydrogen-bond acceptors (Lipinski definition) is 5. The Bertz CT molecular complexity index is 1250. The Kier molecular flexibility index (Phi) is 6.53. The van der Waals surface area contributed by atoms with Gasteiger partial charge < -0.3 is 15.0 Å². The number of fused-ring (bicyclic) bond motifs is 1. The second-order valence-electron chi connectivity index (χ2n) is 8.52. The van der Waals surface area contributed by atoms with E-state index in [1.165, 1.54) is 35.2 Å². The fourth-order valence-electron chi connectivity index (χ4n) is 4.25. The molecule has 190 valence electrons. The molecule has 2 aliphatic rings. The predicted molar refractivity (Wildman–Crippen MR) is 117 cm³/mol. The average molecular weight is 519 g/mol. The largest absolute Gasteiger partial charge is 0.418 e. The summed E-state index contributed by atoms with van der Waals surface area (Å²) in [4.78, 5) is 14.4. The van der Waals surface area contributed by atoms with Crippen molar-refractivity contribution in [2.45, 2.75) is 49.0 Å². The second-order valence-corrected chi connectivity index (χ2v) is 10.1. The van der Waals surface area contributed by atoms with Crippen LogP contribution in [0.15, 0.2) is 41.3 Å². The number of ether oxygens (including phenoxy) is 1. The van der Waals surface area contributed by atoms with Crippen LogP contribution < -0.4 is 15.4 Å². The van der Waals surface area contributed by atoms with E-state index in [4.69, 9.17) is 9.88 Å². The Hall–Kier alpha value is -2.77. The summed E-state index contributed by atoms with van der Waals surface area (Å²) in [6.07, 6.45) is -7.67. The third-order valence-electron chi connectivity index (χ3n) is 5.97. The minimum absolute atomic E-state index is 0.0404. The molecule has 2 aromatic rings. The van der Waals surface area contributed by atoms with E-state index < -0.39 is 40.6 Å². The van der Waals surface area contributed by atoms with Crippen LogP contribution in [0.3, 0.4) is 0 Å². The van der Waals surface area contributed by atoms with Crippen LogP contribution in [0, 0.1) is 0 Å². The molecule has 2 aromatic carbocycles. The number of nitrogens with zero attached hydrogens (tertiary/aromatic N) is 1. The molecule has 3 N–H and O–H groups in total. The lowest BCUT2D eigenvalue weighted by Crippen LogP contribution is -2.29. The smallest absolute Gasteiger partial charge is 0.371 e. The van der Waals surface area contributed by atoms with Crippen LogP contribution in [-0.4, -0.2) is 39.5 Å². The summed E-state index contributed by atoms with van der Waals surface area (Å²) in [5.41, 5.74) is 0.0958. The van der Waals surface area contributed by atoms with Crippen molar-refractivity contribution in [3.63, 3.8) is 0 Å². The van der Waals surface area contributed by atoms with E-state index in [9.17, 15) is 35.2 Å². The Morgan fingerprint density at radius 3 is 2.57 bits per heavy atom. The number of nitrogens with two attached hydrogens (primary N) is 1. The first-order chi connectivity index (χ1) is 16.2. The monoisotopic (exact) mass is 519 g/mol. The lowest BCUT2D eigenvalue weighted by molar-refractivity contribution is -0.219. The number of nitrogens with one attached hydrogen (secondary N) is 1. The van der Waals surface area contributed by atoms with Gasteiger partial charge in [0.25, 0.3) is 5.91 Å². The van der Waals surface area contributed by atoms with Crippen LogP contribution in [0.1, 0.15) is 46.9 Å². The predicted octanol–water partition coefficient (Wildman–Crippen LogP) is 4.35. The summed E-state index contributed by atoms with van der Waals surface area (Å²) in [5, 5.41) is 7.64. The van der Waals surface area contributed by atoms with Crippen LogP contribution >= 0.6 is 0 Å². The summed E-state index contributed by atoms with van der Waals surface area (Å²) in [6.45, 7) is -0.420. The van der Waals surface area contributed by atoms with Crippen molar-refractivity contribution in [1.82, 2.24) is 0 Å². The number of rotatable bonds is 4. The lowest BCUT2D eigenvalue weighted by Gasteiger charge is -2.27. The van der Waals surface area contributed by atoms with Gasteiger partial charge in [-0.1, -0.05) is 6.07 Å². The van der Waals surface area contributed by atoms with Crippen molar-refractivity contribution in [2.24, 2.45) is 5.14 Å². The fourth-order valence-corrected chi connectivity index (χ4v) is 4.81. The van der Waals surface area contributed by atoms with Crippen LogP contribution in [-0.2, 0) is 21.4 Å². The molecule has 7 nitrogen and oxygen atoms in total. The summed E-state index contributed by atoms with van der Waals surface area (Å²) in [5.74, 6) is -3.67. The van der Waals surface area contributed by atoms with Crippen LogP contribution in [0.25, 0.3) is 0 Å². The number of amides is 1. The van der Waals surface area contributed by atoms with Crippen LogP contribution in [0.2, 0.25) is 0 Å². The lowest BCUT2D eigenvalue weighted by atomic mass is 9.98. The molecule has 2 heterocycles. The Balaban J connectivity index is 1.74. The molecule has 1 saturated heterocycles. The Morgan fingerprint density at radius 2 is 1.89 bits per heavy atom. The number of primary sulfonamides is 1. The minimum Gasteiger partial charge on any atom is -0.371 e. The molecule has 0 radical (unpaired) electrons. The highest BCUT2D eigenvalue weighted by molar-refractivity contribution is 7.89. The van der Waals surface area contributed by atoms with Gasteiger partial charge in [0.2, 0.25) is 15.9 Å². The van der Waals surface area contributed by atoms with E-state index in [2.05, 4.69) is 5.32 Å². The molecule has 0 aromatic heterocycles. The summed E-state index contributed by atoms with van der Waals surface area (Å²) in [6, 6.07) is 7.58. The molecular formula is C22H22F5N3O4S. The van der Waals surface area contributed by atoms with Crippen LogP contribution in [0.5, 0.6) is 0 Å². The molecular weight excluding hydrogens is 497 g/mol. The van der Waals surface area contributed by atoms with Crippen molar-refractivity contribution in [3.8, 4) is 0 Å². The first kappa shape index (κ1) is 25.3. The van der Waals surface area contributed by atoms with Gasteiger partial charge in [0.15, 0.2) is 6.10 Å². The molecule has 35 heavy (non-hydrogen) atoms. The zero-order chi connectivity index (χ0) is 25.6. The van der Waals surface area contributed by atoms with E-state index in [1.54, 1.807) is 0 Å². The quantitative estimate of drug-likeness (QED) is 0.585. The van der Waals surface area contributed by atoms with E-state index >= 15 is 0 Å². The second kappa shape index (κ2) is 9.03. The summed E-state index contributed by atoms with van der Waals surface area (Å²) < 4.78 is 96.5. The van der Waals surface area contributed by atoms with Crippen molar-refractivity contribution < 1.29 is 39.9 Å². The molecule has 0 bridgehead atoms. The van der Waals surface area contributed by atoms with Gasteiger partial charge in [0, 0.05) is 37.3 Å². The molecule has 4 rings (SSSR count). The van der Waals surface area contributed by atoms with Gasteiger partial charge in [-0.2, -0.15) is 13.2 Å². The SMILES string of the molecule is NS(=O)(=O)c1cccc(NC(=O)c2cc3c(cc2N2CCCC(F)(F)CC2)[C@@H](C(F)(F)F)OC3)c1. The van der Waals surface area contributed by atoms with Crippen LogP contribution in [0.4, 0.5) is 33.3 Å². The molecule has 1 amide bonds. The number of anilines is 2. The first-order valence-electron chi connectivity index (χ1n) is 10.7. The molecule has 2 aliphatic heterocycles. The first-order valence-corrected chi connectivity index (χ1v) is 12.2. The number of sulfonamides is 1. The highest BCUT2D eigenvalue weighted by atomic mass is 32.2. The van der Waals surface area contributed by atoms with Gasteiger partial charge in [-0.25, -0.2) is 22.3 Å². The van der Waals surface area contributed by atoms with E-state index in [1.807, 2.05) is 0 Å². The van der Waals surface area contributed by atoms with Crippen molar-refractivity contribution >= 4 is 27.3 Å². The molecule has 0 spiro atoms. The Labute approximate surface area is 198 Å². The number of halogens is 5. The van der Waals surface area contributed by atoms with Crippen molar-refractivity contribution in [2.75, 3.05) is 23.3 Å². The van der Waals surface area contributed by atoms with Gasteiger partial charge in [0.05, 0.1) is 17.1 Å². The molecule has 1 fully saturated rings. The zero-order valence-corrected chi connectivity index (χ0v) is 19.1. The third-order valence-corrected chi connectivity index (χ3v) is 6.88. The number of alkyl halides is 5. The number of benzene rings is 2. The highest BCUT2D eigenvalue weighted by Crippen LogP contribution is 2.45. The van der Waals surface area contributed by atoms with Crippen molar-refractivity contribution in [1.29, 1.82) is 0 Å². The van der Waals surface area contributed by atoms with Crippen molar-refractivity contribution in [3.05, 3.63) is 53.1 Å². The minimum atomic E-state index is -4.69. The average Bonchev–Trinajstić information content (AvgIpc) is 3.09. The molecule has 0 unspecified atom stereocenters. The summed E-state index contributed by atoms with van der Waals surface area (Å²) in [7, 11) is -4.05. The van der Waals surface area contributed by atoms with E-state index in [0.717, 1.165) is 6.07 Å². The van der Waals surface area contributed by atoms with E-state index in [0.29, 0.717) is 0 Å². The molecule has 1 atom stereocenters. The highest BCUT2D eigenvalue weighted by Gasteiger charge is 2.46. The number of carbonyl (C=O) groups is 1. The standard InChI is InChI=1S/C22H22F5N3O4S/c23-21(24)5-2-7-30(8-6-21)18-11-16-13(12-34-19(16)22(25,26)27)9-17(18)20(31)29-14-3-1-4-15(10-14)35(28,32)33/h1,3-4,9-11,19H,2,5-8,12H2,(H,29,31)(H2,28,32,33)/t19-/m0/s1. The normalized spacial score (nSPS) is 20.3. The van der Waals surface area contributed by atoms with Gasteiger partial charge in [-0.05, 0) is 47.9 Å². The summed E-state index contributed by atoms with van der Waals surface area (Å²) >= 11 is 0. The number of hydrogen-bond donors (Lipinski definition) is 2. The van der Waals surface area contributed by atoms with Gasteiger partial charge in [-0.3, -0.25) is 4.79 Å². The van der Waals surface area contributed by atoms with E-state index in [-0.39, 0.29) is 65.5 Å². The zero-order valence-electron chi connectivity index (χ0n) is 18.2. The van der Waals surface area contributed by atoms with Gasteiger partial charge >= 0.3 is 6.18 Å². The van der Waals surface area contributed by atoms with Gasteiger partial charge in [-0.15, -0.1) is 0 Å². The fraction of sp³-hybridized carbons (Fsp3) is 0.409.